The number of carboxylic acids is 1. The second-order valence-electron chi connectivity index (χ2n) is 5.51. The Kier molecular flexibility index (Phi) is 5.23. The molecular formula is C16H20ClNO3. The fourth-order valence-corrected chi connectivity index (χ4v) is 2.82. The van der Waals surface area contributed by atoms with E-state index in [1.165, 1.54) is 0 Å². The maximum absolute atomic E-state index is 12.2. The van der Waals surface area contributed by atoms with Gasteiger partial charge in [0.2, 0.25) is 5.91 Å². The van der Waals surface area contributed by atoms with Crippen LogP contribution in [0.2, 0.25) is 5.02 Å². The Labute approximate surface area is 129 Å². The van der Waals surface area contributed by atoms with Crippen molar-refractivity contribution in [1.29, 1.82) is 0 Å². The molecule has 0 aromatic heterocycles. The summed E-state index contributed by atoms with van der Waals surface area (Å²) in [6.45, 7) is 2.00. The third kappa shape index (κ3) is 3.97. The SMILES string of the molecule is CCCCC(NC(=O)C1CC1c1ccccc1Cl)C(=O)O. The number of amides is 1. The van der Waals surface area contributed by atoms with Crippen molar-refractivity contribution in [2.75, 3.05) is 0 Å². The highest BCUT2D eigenvalue weighted by molar-refractivity contribution is 6.31. The Morgan fingerprint density at radius 1 is 1.43 bits per heavy atom. The van der Waals surface area contributed by atoms with Crippen LogP contribution < -0.4 is 5.32 Å². The predicted octanol–water partition coefficient (Wildman–Crippen LogP) is 3.20. The van der Waals surface area contributed by atoms with Gasteiger partial charge in [0.05, 0.1) is 0 Å². The van der Waals surface area contributed by atoms with Crippen molar-refractivity contribution in [1.82, 2.24) is 5.32 Å². The molecule has 5 heteroatoms. The van der Waals surface area contributed by atoms with Gasteiger partial charge in [0.15, 0.2) is 0 Å². The summed E-state index contributed by atoms with van der Waals surface area (Å²) in [6.07, 6.45) is 2.90. The second-order valence-corrected chi connectivity index (χ2v) is 5.92. The lowest BCUT2D eigenvalue weighted by Crippen LogP contribution is -2.41. The first-order chi connectivity index (χ1) is 10.0. The smallest absolute Gasteiger partial charge is 0.326 e. The minimum Gasteiger partial charge on any atom is -0.480 e. The lowest BCUT2D eigenvalue weighted by Gasteiger charge is -2.14. The quantitative estimate of drug-likeness (QED) is 0.813. The first-order valence-electron chi connectivity index (χ1n) is 7.32. The van der Waals surface area contributed by atoms with Gasteiger partial charge in [-0.05, 0) is 30.4 Å². The molecular weight excluding hydrogens is 290 g/mol. The Hall–Kier alpha value is -1.55. The van der Waals surface area contributed by atoms with Crippen LogP contribution in [0.4, 0.5) is 0 Å². The zero-order chi connectivity index (χ0) is 15.4. The number of unbranched alkanes of at least 4 members (excludes halogenated alkanes) is 1. The van der Waals surface area contributed by atoms with Gasteiger partial charge in [-0.3, -0.25) is 4.79 Å². The van der Waals surface area contributed by atoms with Gasteiger partial charge < -0.3 is 10.4 Å². The topological polar surface area (TPSA) is 66.4 Å². The summed E-state index contributed by atoms with van der Waals surface area (Å²) < 4.78 is 0. The fourth-order valence-electron chi connectivity index (χ4n) is 2.55. The van der Waals surface area contributed by atoms with Crippen molar-refractivity contribution in [2.45, 2.75) is 44.6 Å². The van der Waals surface area contributed by atoms with Gasteiger partial charge in [0, 0.05) is 10.9 Å². The van der Waals surface area contributed by atoms with Crippen LogP contribution in [0.5, 0.6) is 0 Å². The molecule has 0 radical (unpaired) electrons. The molecule has 3 unspecified atom stereocenters. The van der Waals surface area contributed by atoms with E-state index >= 15 is 0 Å². The second kappa shape index (κ2) is 6.94. The predicted molar refractivity (Wildman–Crippen MR) is 81.4 cm³/mol. The third-order valence-electron chi connectivity index (χ3n) is 3.89. The summed E-state index contributed by atoms with van der Waals surface area (Å²) in [5.74, 6) is -1.19. The van der Waals surface area contributed by atoms with Crippen molar-refractivity contribution in [3.8, 4) is 0 Å². The number of carboxylic acid groups (broad SMARTS) is 1. The third-order valence-corrected chi connectivity index (χ3v) is 4.24. The van der Waals surface area contributed by atoms with Crippen molar-refractivity contribution >= 4 is 23.5 Å². The molecule has 114 valence electrons. The standard InChI is InChI=1S/C16H20ClNO3/c1-2-3-8-14(16(20)21)18-15(19)12-9-11(12)10-6-4-5-7-13(10)17/h4-7,11-12,14H,2-3,8-9H2,1H3,(H,18,19)(H,20,21). The summed E-state index contributed by atoms with van der Waals surface area (Å²) in [5, 5.41) is 12.5. The fraction of sp³-hybridized carbons (Fsp3) is 0.500. The number of benzene rings is 1. The molecule has 2 rings (SSSR count). The first-order valence-corrected chi connectivity index (χ1v) is 7.70. The van der Waals surface area contributed by atoms with Crippen molar-refractivity contribution in [3.05, 3.63) is 34.9 Å². The van der Waals surface area contributed by atoms with Crippen LogP contribution in [-0.4, -0.2) is 23.0 Å². The van der Waals surface area contributed by atoms with E-state index in [4.69, 9.17) is 16.7 Å². The molecule has 1 aromatic rings. The zero-order valence-corrected chi connectivity index (χ0v) is 12.8. The number of hydrogen-bond acceptors (Lipinski definition) is 2. The van der Waals surface area contributed by atoms with Crippen molar-refractivity contribution in [3.63, 3.8) is 0 Å². The van der Waals surface area contributed by atoms with Crippen molar-refractivity contribution in [2.24, 2.45) is 5.92 Å². The molecule has 0 saturated heterocycles. The molecule has 0 spiro atoms. The minimum absolute atomic E-state index is 0.110. The number of nitrogens with one attached hydrogen (secondary N) is 1. The largest absolute Gasteiger partial charge is 0.480 e. The number of halogens is 1. The summed E-state index contributed by atoms with van der Waals surface area (Å²) in [5.41, 5.74) is 0.972. The van der Waals surface area contributed by atoms with Crippen LogP contribution in [0, 0.1) is 5.92 Å². The summed E-state index contributed by atoms with van der Waals surface area (Å²) in [4.78, 5) is 23.3. The van der Waals surface area contributed by atoms with Gasteiger partial charge in [-0.2, -0.15) is 0 Å². The average Bonchev–Trinajstić information content (AvgIpc) is 3.23. The van der Waals surface area contributed by atoms with E-state index in [0.29, 0.717) is 11.4 Å². The number of carbonyl (C=O) groups excluding carboxylic acids is 1. The molecule has 21 heavy (non-hydrogen) atoms. The molecule has 4 nitrogen and oxygen atoms in total. The Morgan fingerprint density at radius 3 is 2.76 bits per heavy atom. The summed E-state index contributed by atoms with van der Waals surface area (Å²) in [6, 6.07) is 6.70. The number of aliphatic carboxylic acids is 1. The van der Waals surface area contributed by atoms with Gasteiger partial charge in [0.1, 0.15) is 6.04 Å². The molecule has 3 atom stereocenters. The van der Waals surface area contributed by atoms with Crippen LogP contribution >= 0.6 is 11.6 Å². The van der Waals surface area contributed by atoms with Crippen LogP contribution in [0.15, 0.2) is 24.3 Å². The summed E-state index contributed by atoms with van der Waals surface area (Å²) in [7, 11) is 0. The molecule has 1 amide bonds. The molecule has 1 aliphatic rings. The van der Waals surface area contributed by atoms with Gasteiger partial charge in [-0.1, -0.05) is 49.6 Å². The molecule has 1 fully saturated rings. The van der Waals surface area contributed by atoms with Crippen molar-refractivity contribution < 1.29 is 14.7 Å². The number of carbonyl (C=O) groups is 2. The van der Waals surface area contributed by atoms with Crippen LogP contribution in [-0.2, 0) is 9.59 Å². The van der Waals surface area contributed by atoms with E-state index in [1.807, 2.05) is 31.2 Å². The molecule has 1 aromatic carbocycles. The first kappa shape index (κ1) is 15.8. The Morgan fingerprint density at radius 2 is 2.14 bits per heavy atom. The Bertz CT molecular complexity index is 532. The minimum atomic E-state index is -0.966. The van der Waals surface area contributed by atoms with E-state index in [1.54, 1.807) is 0 Å². The highest BCUT2D eigenvalue weighted by Gasteiger charge is 2.45. The highest BCUT2D eigenvalue weighted by Crippen LogP contribution is 2.49. The van der Waals surface area contributed by atoms with Gasteiger partial charge in [-0.15, -0.1) is 0 Å². The van der Waals surface area contributed by atoms with Gasteiger partial charge in [-0.25, -0.2) is 4.79 Å². The van der Waals surface area contributed by atoms with E-state index in [0.717, 1.165) is 24.8 Å². The molecule has 1 aliphatic carbocycles. The molecule has 0 bridgehead atoms. The normalized spacial score (nSPS) is 21.6. The molecule has 1 saturated carbocycles. The van der Waals surface area contributed by atoms with Crippen LogP contribution in [0.1, 0.15) is 44.1 Å². The van der Waals surface area contributed by atoms with Crippen LogP contribution in [0.3, 0.4) is 0 Å². The Balaban J connectivity index is 1.93. The van der Waals surface area contributed by atoms with E-state index in [2.05, 4.69) is 5.32 Å². The monoisotopic (exact) mass is 309 g/mol. The maximum Gasteiger partial charge on any atom is 0.326 e. The maximum atomic E-state index is 12.2. The average molecular weight is 310 g/mol. The number of hydrogen-bond donors (Lipinski definition) is 2. The van der Waals surface area contributed by atoms with E-state index in [-0.39, 0.29) is 17.7 Å². The highest BCUT2D eigenvalue weighted by atomic mass is 35.5. The van der Waals surface area contributed by atoms with Crippen LogP contribution in [0.25, 0.3) is 0 Å². The number of rotatable bonds is 7. The lowest BCUT2D eigenvalue weighted by molar-refractivity contribution is -0.142. The van der Waals surface area contributed by atoms with Gasteiger partial charge in [0.25, 0.3) is 0 Å². The van der Waals surface area contributed by atoms with E-state index in [9.17, 15) is 9.59 Å². The molecule has 0 heterocycles. The molecule has 0 aliphatic heterocycles. The van der Waals surface area contributed by atoms with E-state index < -0.39 is 12.0 Å². The van der Waals surface area contributed by atoms with Gasteiger partial charge >= 0.3 is 5.97 Å². The summed E-state index contributed by atoms with van der Waals surface area (Å²) >= 11 is 6.13. The zero-order valence-electron chi connectivity index (χ0n) is 12.0. The molecule has 2 N–H and O–H groups in total. The lowest BCUT2D eigenvalue weighted by atomic mass is 10.1.